The Bertz CT molecular complexity index is 611. The maximum absolute atomic E-state index is 6.33. The normalized spacial score (nSPS) is 13.9. The number of nitrogens with one attached hydrogen (secondary N) is 1. The van der Waals surface area contributed by atoms with Crippen LogP contribution < -0.4 is 5.32 Å². The van der Waals surface area contributed by atoms with Crippen LogP contribution in [0.1, 0.15) is 12.0 Å². The van der Waals surface area contributed by atoms with E-state index in [4.69, 9.17) is 23.8 Å². The molecular formula is C14H11ClN2S. The van der Waals surface area contributed by atoms with Gasteiger partial charge in [0.15, 0.2) is 0 Å². The van der Waals surface area contributed by atoms with E-state index in [0.717, 1.165) is 39.7 Å². The molecule has 0 amide bonds. The first kappa shape index (κ1) is 11.6. The number of halogens is 1. The Hall–Kier alpha value is -1.45. The van der Waals surface area contributed by atoms with Crippen LogP contribution in [0.2, 0.25) is 5.02 Å². The van der Waals surface area contributed by atoms with Gasteiger partial charge in [0.2, 0.25) is 0 Å². The summed E-state index contributed by atoms with van der Waals surface area (Å²) in [6.07, 6.45) is 5.45. The molecule has 0 unspecified atom stereocenters. The summed E-state index contributed by atoms with van der Waals surface area (Å²) in [5.74, 6) is 0. The number of aryl methyl sites for hydroxylation is 1. The molecular weight excluding hydrogens is 264 g/mol. The molecule has 1 aliphatic rings. The first-order valence-electron chi connectivity index (χ1n) is 5.77. The SMILES string of the molecule is S=C1CCc2cc(-c3cccnc3)c(Cl)cc2N1. The van der Waals surface area contributed by atoms with Crippen LogP contribution in [0.3, 0.4) is 0 Å². The molecule has 0 fully saturated rings. The summed E-state index contributed by atoms with van der Waals surface area (Å²) in [6.45, 7) is 0. The van der Waals surface area contributed by atoms with Gasteiger partial charge in [-0.2, -0.15) is 0 Å². The lowest BCUT2D eigenvalue weighted by molar-refractivity contribution is 1.03. The number of hydrogen-bond acceptors (Lipinski definition) is 2. The molecule has 1 N–H and O–H groups in total. The van der Waals surface area contributed by atoms with Crippen molar-refractivity contribution in [2.24, 2.45) is 0 Å². The van der Waals surface area contributed by atoms with Gasteiger partial charge in [0.1, 0.15) is 0 Å². The average molecular weight is 275 g/mol. The van der Waals surface area contributed by atoms with Crippen LogP contribution in [-0.4, -0.2) is 9.97 Å². The Labute approximate surface area is 116 Å². The van der Waals surface area contributed by atoms with Crippen LogP contribution in [0, 0.1) is 0 Å². The van der Waals surface area contributed by atoms with E-state index in [1.807, 2.05) is 24.4 Å². The number of thiocarbonyl (C=S) groups is 1. The maximum atomic E-state index is 6.33. The lowest BCUT2D eigenvalue weighted by atomic mass is 9.98. The lowest BCUT2D eigenvalue weighted by Gasteiger charge is -2.20. The molecule has 1 aromatic carbocycles. The van der Waals surface area contributed by atoms with Crippen LogP contribution in [0.4, 0.5) is 5.69 Å². The van der Waals surface area contributed by atoms with Crippen LogP contribution in [-0.2, 0) is 6.42 Å². The van der Waals surface area contributed by atoms with Crippen molar-refractivity contribution < 1.29 is 0 Å². The van der Waals surface area contributed by atoms with E-state index in [1.165, 1.54) is 5.56 Å². The molecule has 0 saturated heterocycles. The molecule has 2 heterocycles. The number of rotatable bonds is 1. The monoisotopic (exact) mass is 274 g/mol. The summed E-state index contributed by atoms with van der Waals surface area (Å²) in [4.78, 5) is 5.01. The van der Waals surface area contributed by atoms with Crippen molar-refractivity contribution in [3.63, 3.8) is 0 Å². The van der Waals surface area contributed by atoms with Gasteiger partial charge in [-0.05, 0) is 30.2 Å². The second kappa shape index (κ2) is 4.67. The van der Waals surface area contributed by atoms with E-state index >= 15 is 0 Å². The van der Waals surface area contributed by atoms with Crippen LogP contribution >= 0.6 is 23.8 Å². The molecule has 0 saturated carbocycles. The van der Waals surface area contributed by atoms with Crippen molar-refractivity contribution in [2.45, 2.75) is 12.8 Å². The number of hydrogen-bond donors (Lipinski definition) is 1. The van der Waals surface area contributed by atoms with Gasteiger partial charge in [-0.1, -0.05) is 29.9 Å². The highest BCUT2D eigenvalue weighted by Gasteiger charge is 2.15. The molecule has 2 aromatic rings. The summed E-state index contributed by atoms with van der Waals surface area (Å²) in [6, 6.07) is 8.01. The maximum Gasteiger partial charge on any atom is 0.0800 e. The van der Waals surface area contributed by atoms with Gasteiger partial charge < -0.3 is 5.32 Å². The summed E-state index contributed by atoms with van der Waals surface area (Å²) in [5, 5.41) is 3.93. The molecule has 0 bridgehead atoms. The second-order valence-electron chi connectivity index (χ2n) is 4.28. The fourth-order valence-corrected chi connectivity index (χ4v) is 2.63. The summed E-state index contributed by atoms with van der Waals surface area (Å²) in [7, 11) is 0. The van der Waals surface area contributed by atoms with E-state index in [0.29, 0.717) is 0 Å². The van der Waals surface area contributed by atoms with Gasteiger partial charge in [-0.25, -0.2) is 0 Å². The summed E-state index contributed by atoms with van der Waals surface area (Å²) >= 11 is 11.5. The van der Waals surface area contributed by atoms with Gasteiger partial charge in [-0.15, -0.1) is 0 Å². The number of nitrogens with zero attached hydrogens (tertiary/aromatic N) is 1. The van der Waals surface area contributed by atoms with E-state index in [-0.39, 0.29) is 0 Å². The third kappa shape index (κ3) is 2.11. The van der Waals surface area contributed by atoms with Crippen LogP contribution in [0.5, 0.6) is 0 Å². The Morgan fingerprint density at radius 2 is 2.17 bits per heavy atom. The molecule has 1 aliphatic heterocycles. The fourth-order valence-electron chi connectivity index (χ4n) is 2.15. The standard InChI is InChI=1S/C14H11ClN2S/c15-12-7-13-9(3-4-14(18)17-13)6-11(12)10-2-1-5-16-8-10/h1-2,5-8H,3-4H2,(H,17,18). The van der Waals surface area contributed by atoms with Crippen LogP contribution in [0.25, 0.3) is 11.1 Å². The lowest BCUT2D eigenvalue weighted by Crippen LogP contribution is -2.17. The molecule has 0 radical (unpaired) electrons. The van der Waals surface area contributed by atoms with Crippen molar-refractivity contribution in [2.75, 3.05) is 5.32 Å². The van der Waals surface area contributed by atoms with E-state index in [2.05, 4.69) is 16.4 Å². The highest BCUT2D eigenvalue weighted by atomic mass is 35.5. The zero-order valence-corrected chi connectivity index (χ0v) is 11.2. The van der Waals surface area contributed by atoms with Gasteiger partial charge >= 0.3 is 0 Å². The highest BCUT2D eigenvalue weighted by molar-refractivity contribution is 7.80. The topological polar surface area (TPSA) is 24.9 Å². The smallest absolute Gasteiger partial charge is 0.0800 e. The Morgan fingerprint density at radius 1 is 1.28 bits per heavy atom. The van der Waals surface area contributed by atoms with Gasteiger partial charge in [0, 0.05) is 35.6 Å². The summed E-state index contributed by atoms with van der Waals surface area (Å²) in [5.41, 5.74) is 4.35. The highest BCUT2D eigenvalue weighted by Crippen LogP contribution is 2.34. The van der Waals surface area contributed by atoms with E-state index < -0.39 is 0 Å². The van der Waals surface area contributed by atoms with Crippen molar-refractivity contribution in [3.8, 4) is 11.1 Å². The molecule has 1 aromatic heterocycles. The molecule has 2 nitrogen and oxygen atoms in total. The van der Waals surface area contributed by atoms with Crippen molar-refractivity contribution in [3.05, 3.63) is 47.2 Å². The number of anilines is 1. The Kier molecular flexibility index (Phi) is 3.02. The average Bonchev–Trinajstić information content (AvgIpc) is 2.39. The first-order valence-corrected chi connectivity index (χ1v) is 6.55. The Balaban J connectivity index is 2.10. The molecule has 3 rings (SSSR count). The Morgan fingerprint density at radius 3 is 2.94 bits per heavy atom. The number of aromatic nitrogens is 1. The first-order chi connectivity index (χ1) is 8.74. The minimum absolute atomic E-state index is 0.721. The molecule has 4 heteroatoms. The molecule has 0 aliphatic carbocycles. The minimum atomic E-state index is 0.721. The molecule has 0 spiro atoms. The third-order valence-corrected chi connectivity index (χ3v) is 3.68. The molecule has 0 atom stereocenters. The van der Waals surface area contributed by atoms with Crippen molar-refractivity contribution >= 4 is 34.5 Å². The predicted molar refractivity (Wildman–Crippen MR) is 79.2 cm³/mol. The van der Waals surface area contributed by atoms with Crippen molar-refractivity contribution in [1.29, 1.82) is 0 Å². The zero-order chi connectivity index (χ0) is 12.5. The largest absolute Gasteiger partial charge is 0.350 e. The van der Waals surface area contributed by atoms with Gasteiger partial charge in [-0.3, -0.25) is 4.98 Å². The molecule has 18 heavy (non-hydrogen) atoms. The number of benzene rings is 1. The van der Waals surface area contributed by atoms with Crippen molar-refractivity contribution in [1.82, 2.24) is 4.98 Å². The third-order valence-electron chi connectivity index (χ3n) is 3.06. The van der Waals surface area contributed by atoms with Gasteiger partial charge in [0.05, 0.1) is 10.0 Å². The minimum Gasteiger partial charge on any atom is -0.350 e. The van der Waals surface area contributed by atoms with Crippen LogP contribution in [0.15, 0.2) is 36.7 Å². The zero-order valence-electron chi connectivity index (χ0n) is 9.61. The quantitative estimate of drug-likeness (QED) is 0.793. The van der Waals surface area contributed by atoms with E-state index in [9.17, 15) is 0 Å². The fraction of sp³-hybridized carbons (Fsp3) is 0.143. The predicted octanol–water partition coefficient (Wildman–Crippen LogP) is 4.09. The number of pyridine rings is 1. The van der Waals surface area contributed by atoms with E-state index in [1.54, 1.807) is 6.20 Å². The van der Waals surface area contributed by atoms with Gasteiger partial charge in [0.25, 0.3) is 0 Å². The number of fused-ring (bicyclic) bond motifs is 1. The second-order valence-corrected chi connectivity index (χ2v) is 5.18. The summed E-state index contributed by atoms with van der Waals surface area (Å²) < 4.78 is 0. The molecule has 90 valence electrons.